The molecule has 0 aliphatic heterocycles. The molecule has 0 bridgehead atoms. The lowest BCUT2D eigenvalue weighted by atomic mass is 9.97. The van der Waals surface area contributed by atoms with Gasteiger partial charge in [-0.1, -0.05) is 36.5 Å². The van der Waals surface area contributed by atoms with Gasteiger partial charge in [0.15, 0.2) is 4.87 Å². The fourth-order valence-electron chi connectivity index (χ4n) is 0.989. The third-order valence-corrected chi connectivity index (χ3v) is 2.82. The van der Waals surface area contributed by atoms with Crippen LogP contribution in [0.3, 0.4) is 0 Å². The summed E-state index contributed by atoms with van der Waals surface area (Å²) in [6, 6.07) is 0. The molecule has 0 spiro atoms. The van der Waals surface area contributed by atoms with E-state index in [0.717, 1.165) is 12.8 Å². The van der Waals surface area contributed by atoms with Crippen LogP contribution in [0.15, 0.2) is 10.1 Å². The van der Waals surface area contributed by atoms with E-state index in [0.29, 0.717) is 12.0 Å². The molecule has 5 heteroatoms. The second-order valence-electron chi connectivity index (χ2n) is 3.15. The quantitative estimate of drug-likeness (QED) is 0.759. The SMILES string of the molecule is CCCCC(=C(Cl)Cl)C(C)(Cl)C(=O)O. The Labute approximate surface area is 98.8 Å². The highest BCUT2D eigenvalue weighted by Crippen LogP contribution is 2.34. The van der Waals surface area contributed by atoms with E-state index in [9.17, 15) is 4.79 Å². The zero-order valence-electron chi connectivity index (χ0n) is 8.11. The Hall–Kier alpha value is 0.0800. The highest BCUT2D eigenvalue weighted by atomic mass is 35.5. The molecule has 0 aromatic carbocycles. The van der Waals surface area contributed by atoms with Crippen LogP contribution in [0.25, 0.3) is 0 Å². The monoisotopic (exact) mass is 258 g/mol. The molecule has 0 rings (SSSR count). The number of aliphatic carboxylic acids is 1. The van der Waals surface area contributed by atoms with Gasteiger partial charge in [0.25, 0.3) is 0 Å². The summed E-state index contributed by atoms with van der Waals surface area (Å²) in [4.78, 5) is 9.34. The number of hydrogen-bond acceptors (Lipinski definition) is 1. The predicted molar refractivity (Wildman–Crippen MR) is 60.2 cm³/mol. The Morgan fingerprint density at radius 3 is 2.21 bits per heavy atom. The van der Waals surface area contributed by atoms with Crippen LogP contribution in [-0.4, -0.2) is 16.0 Å². The second-order valence-corrected chi connectivity index (χ2v) is 4.86. The number of rotatable bonds is 5. The molecule has 14 heavy (non-hydrogen) atoms. The summed E-state index contributed by atoms with van der Waals surface area (Å²) in [5.41, 5.74) is 0.372. The van der Waals surface area contributed by atoms with Gasteiger partial charge in [0.05, 0.1) is 0 Å². The standard InChI is InChI=1S/C9H13Cl3O2/c1-3-4-5-6(7(10)11)9(2,12)8(13)14/h3-5H2,1-2H3,(H,13,14). The van der Waals surface area contributed by atoms with E-state index in [-0.39, 0.29) is 4.49 Å². The molecule has 0 fully saturated rings. The number of carbonyl (C=O) groups is 1. The Bertz CT molecular complexity index is 242. The van der Waals surface area contributed by atoms with E-state index >= 15 is 0 Å². The zero-order valence-corrected chi connectivity index (χ0v) is 10.4. The average Bonchev–Trinajstić information content (AvgIpc) is 2.03. The lowest BCUT2D eigenvalue weighted by molar-refractivity contribution is -0.138. The molecule has 0 aliphatic carbocycles. The minimum atomic E-state index is -1.51. The first-order valence-electron chi connectivity index (χ1n) is 4.31. The average molecular weight is 260 g/mol. The summed E-state index contributed by atoms with van der Waals surface area (Å²) in [5, 5.41) is 8.88. The van der Waals surface area contributed by atoms with Gasteiger partial charge in [-0.25, -0.2) is 4.79 Å². The molecule has 0 heterocycles. The highest BCUT2D eigenvalue weighted by Gasteiger charge is 2.36. The van der Waals surface area contributed by atoms with Crippen molar-refractivity contribution in [3.05, 3.63) is 10.1 Å². The molecule has 0 radical (unpaired) electrons. The number of alkyl halides is 1. The van der Waals surface area contributed by atoms with Gasteiger partial charge in [0.2, 0.25) is 0 Å². The van der Waals surface area contributed by atoms with Gasteiger partial charge >= 0.3 is 5.97 Å². The lowest BCUT2D eigenvalue weighted by Gasteiger charge is -2.20. The molecular formula is C9H13Cl3O2. The van der Waals surface area contributed by atoms with Crippen molar-refractivity contribution in [2.45, 2.75) is 38.0 Å². The molecule has 0 saturated heterocycles. The van der Waals surface area contributed by atoms with E-state index < -0.39 is 10.8 Å². The van der Waals surface area contributed by atoms with E-state index in [2.05, 4.69) is 0 Å². The van der Waals surface area contributed by atoms with Crippen LogP contribution in [0.2, 0.25) is 0 Å². The molecule has 0 aromatic heterocycles. The summed E-state index contributed by atoms with van der Waals surface area (Å²) in [5.74, 6) is -1.14. The van der Waals surface area contributed by atoms with Gasteiger partial charge < -0.3 is 5.11 Å². The first kappa shape index (κ1) is 14.1. The third kappa shape index (κ3) is 3.68. The van der Waals surface area contributed by atoms with Crippen LogP contribution < -0.4 is 0 Å². The maximum absolute atomic E-state index is 10.8. The van der Waals surface area contributed by atoms with Crippen molar-refractivity contribution in [3.8, 4) is 0 Å². The smallest absolute Gasteiger partial charge is 0.328 e. The van der Waals surface area contributed by atoms with Crippen molar-refractivity contribution in [2.24, 2.45) is 0 Å². The first-order chi connectivity index (χ1) is 6.34. The molecular weight excluding hydrogens is 246 g/mol. The summed E-state index contributed by atoms with van der Waals surface area (Å²) in [6.45, 7) is 3.37. The largest absolute Gasteiger partial charge is 0.480 e. The van der Waals surface area contributed by atoms with Crippen LogP contribution in [-0.2, 0) is 4.79 Å². The third-order valence-electron chi connectivity index (χ3n) is 1.98. The number of hydrogen-bond donors (Lipinski definition) is 1. The van der Waals surface area contributed by atoms with Gasteiger partial charge in [0.1, 0.15) is 4.49 Å². The van der Waals surface area contributed by atoms with Gasteiger partial charge in [0, 0.05) is 0 Å². The molecule has 1 N–H and O–H groups in total. The number of carboxylic acid groups (broad SMARTS) is 1. The van der Waals surface area contributed by atoms with E-state index in [1.807, 2.05) is 6.92 Å². The summed E-state index contributed by atoms with van der Waals surface area (Å²) in [7, 11) is 0. The fraction of sp³-hybridized carbons (Fsp3) is 0.667. The normalized spacial score (nSPS) is 14.6. The molecule has 0 aliphatic rings. The molecule has 82 valence electrons. The number of unbranched alkanes of at least 4 members (excludes halogenated alkanes) is 1. The van der Waals surface area contributed by atoms with Crippen molar-refractivity contribution >= 4 is 40.8 Å². The van der Waals surface area contributed by atoms with Gasteiger partial charge in [-0.05, 0) is 25.3 Å². The number of halogens is 3. The zero-order chi connectivity index (χ0) is 11.4. The summed E-state index contributed by atoms with van der Waals surface area (Å²) < 4.78 is -0.0432. The van der Waals surface area contributed by atoms with E-state index in [1.165, 1.54) is 6.92 Å². The number of carboxylic acids is 1. The van der Waals surface area contributed by atoms with Crippen molar-refractivity contribution in [3.63, 3.8) is 0 Å². The van der Waals surface area contributed by atoms with Crippen molar-refractivity contribution < 1.29 is 9.90 Å². The first-order valence-corrected chi connectivity index (χ1v) is 5.44. The van der Waals surface area contributed by atoms with Crippen molar-refractivity contribution in [1.29, 1.82) is 0 Å². The van der Waals surface area contributed by atoms with Gasteiger partial charge in [-0.15, -0.1) is 11.6 Å². The topological polar surface area (TPSA) is 37.3 Å². The minimum absolute atomic E-state index is 0.0432. The second kappa shape index (κ2) is 5.84. The predicted octanol–water partition coefficient (Wildman–Crippen LogP) is 3.95. The molecule has 0 saturated carbocycles. The molecule has 0 aromatic rings. The van der Waals surface area contributed by atoms with Crippen LogP contribution in [0.4, 0.5) is 0 Å². The lowest BCUT2D eigenvalue weighted by Crippen LogP contribution is -2.31. The maximum Gasteiger partial charge on any atom is 0.328 e. The Morgan fingerprint density at radius 2 is 1.93 bits per heavy atom. The van der Waals surface area contributed by atoms with Crippen LogP contribution in [0.1, 0.15) is 33.1 Å². The Kier molecular flexibility index (Phi) is 5.87. The molecule has 0 amide bonds. The van der Waals surface area contributed by atoms with Crippen LogP contribution in [0.5, 0.6) is 0 Å². The van der Waals surface area contributed by atoms with Crippen molar-refractivity contribution in [1.82, 2.24) is 0 Å². The molecule has 1 unspecified atom stereocenters. The van der Waals surface area contributed by atoms with E-state index in [1.54, 1.807) is 0 Å². The Balaban J connectivity index is 4.85. The molecule has 2 nitrogen and oxygen atoms in total. The van der Waals surface area contributed by atoms with Crippen LogP contribution in [0, 0.1) is 0 Å². The highest BCUT2D eigenvalue weighted by molar-refractivity contribution is 6.57. The molecule has 1 atom stereocenters. The van der Waals surface area contributed by atoms with Crippen molar-refractivity contribution in [2.75, 3.05) is 0 Å². The minimum Gasteiger partial charge on any atom is -0.480 e. The van der Waals surface area contributed by atoms with E-state index in [4.69, 9.17) is 39.9 Å². The summed E-state index contributed by atoms with van der Waals surface area (Å²) in [6.07, 6.45) is 2.25. The van der Waals surface area contributed by atoms with Gasteiger partial charge in [-0.2, -0.15) is 0 Å². The summed E-state index contributed by atoms with van der Waals surface area (Å²) >= 11 is 17.1. The fourth-order valence-corrected chi connectivity index (χ4v) is 1.84. The van der Waals surface area contributed by atoms with Crippen LogP contribution >= 0.6 is 34.8 Å². The maximum atomic E-state index is 10.8. The Morgan fingerprint density at radius 1 is 1.43 bits per heavy atom. The van der Waals surface area contributed by atoms with Gasteiger partial charge in [-0.3, -0.25) is 0 Å².